The number of benzene rings is 2. The summed E-state index contributed by atoms with van der Waals surface area (Å²) in [6.45, 7) is 12.4. The number of hydrogen-bond donors (Lipinski definition) is 0. The Morgan fingerprint density at radius 3 is 1.15 bits per heavy atom. The summed E-state index contributed by atoms with van der Waals surface area (Å²) in [7, 11) is 0. The average Bonchev–Trinajstić information content (AvgIpc) is 2.85. The Hall–Kier alpha value is -2.93. The van der Waals surface area contributed by atoms with Gasteiger partial charge in [-0.2, -0.15) is 0 Å². The summed E-state index contributed by atoms with van der Waals surface area (Å²) >= 11 is 0. The minimum absolute atomic E-state index is 0.302. The summed E-state index contributed by atoms with van der Waals surface area (Å²) in [5.41, 5.74) is 3.29. The van der Waals surface area contributed by atoms with Crippen LogP contribution in [0.4, 0.5) is 0 Å². The molecule has 2 rings (SSSR count). The van der Waals surface area contributed by atoms with Crippen molar-refractivity contribution in [3.8, 4) is 0 Å². The first-order valence-corrected chi connectivity index (χ1v) is 12.5. The molecule has 0 heterocycles. The van der Waals surface area contributed by atoms with Gasteiger partial charge in [-0.3, -0.25) is 4.79 Å². The maximum atomic E-state index is 15.3. The highest BCUT2D eigenvalue weighted by Crippen LogP contribution is 2.47. The van der Waals surface area contributed by atoms with E-state index in [1.165, 1.54) is 11.1 Å². The first-order valence-electron chi connectivity index (χ1n) is 12.5. The highest BCUT2D eigenvalue weighted by Gasteiger charge is 2.50. The van der Waals surface area contributed by atoms with Gasteiger partial charge in [0.05, 0.1) is 10.8 Å². The zero-order valence-corrected chi connectivity index (χ0v) is 22.0. The zero-order chi connectivity index (χ0) is 25.0. The molecular weight excluding hydrogens is 412 g/mol. The van der Waals surface area contributed by atoms with Gasteiger partial charge in [0.15, 0.2) is 5.78 Å². The Morgan fingerprint density at radius 1 is 0.588 bits per heavy atom. The molecule has 0 fully saturated rings. The quantitative estimate of drug-likeness (QED) is 0.293. The molecule has 0 unspecified atom stereocenters. The molecule has 0 aliphatic rings. The molecular formula is C33H42O. The third-order valence-corrected chi connectivity index (χ3v) is 7.00. The van der Waals surface area contributed by atoms with E-state index in [9.17, 15) is 0 Å². The van der Waals surface area contributed by atoms with Gasteiger partial charge in [-0.15, -0.1) is 0 Å². The fourth-order valence-corrected chi connectivity index (χ4v) is 5.18. The lowest BCUT2D eigenvalue weighted by atomic mass is 9.57. The maximum Gasteiger partial charge on any atom is 0.155 e. The summed E-state index contributed by atoms with van der Waals surface area (Å²) in [5.74, 6) is 0.302. The van der Waals surface area contributed by atoms with Crippen LogP contribution in [0.1, 0.15) is 75.6 Å². The minimum atomic E-state index is -0.657. The molecule has 0 aliphatic heterocycles. The fourth-order valence-electron chi connectivity index (χ4n) is 5.18. The Bertz CT molecular complexity index is 936. The largest absolute Gasteiger partial charge is 0.298 e. The van der Waals surface area contributed by atoms with Gasteiger partial charge in [-0.25, -0.2) is 0 Å². The minimum Gasteiger partial charge on any atom is -0.298 e. The van der Waals surface area contributed by atoms with Crippen LogP contribution in [-0.2, 0) is 15.6 Å². The third kappa shape index (κ3) is 5.76. The van der Waals surface area contributed by atoms with Gasteiger partial charge in [-0.05, 0) is 89.5 Å². The Kier molecular flexibility index (Phi) is 10.5. The molecule has 0 aromatic heterocycles. The third-order valence-electron chi connectivity index (χ3n) is 7.00. The van der Waals surface area contributed by atoms with E-state index in [1.807, 2.05) is 27.7 Å². The van der Waals surface area contributed by atoms with Crippen LogP contribution in [-0.4, -0.2) is 5.78 Å². The Labute approximate surface area is 208 Å². The van der Waals surface area contributed by atoms with Crippen molar-refractivity contribution >= 4 is 5.78 Å². The topological polar surface area (TPSA) is 17.1 Å². The van der Waals surface area contributed by atoms with E-state index in [1.54, 1.807) is 0 Å². The first-order chi connectivity index (χ1) is 16.4. The molecule has 1 heteroatoms. The maximum absolute atomic E-state index is 15.3. The van der Waals surface area contributed by atoms with Crippen LogP contribution in [0, 0.1) is 13.8 Å². The molecule has 0 saturated heterocycles. The molecule has 2 aromatic rings. The van der Waals surface area contributed by atoms with Crippen LogP contribution < -0.4 is 0 Å². The molecule has 0 saturated carbocycles. The SMILES string of the molecule is C/C=C/CC(C/C=C/C)(C(=O)C(C/C=C/C)(C/C=C/C)c1ccccc1C)c1ccccc1C. The molecule has 1 nitrogen and oxygen atoms in total. The van der Waals surface area contributed by atoms with Crippen molar-refractivity contribution < 1.29 is 4.79 Å². The lowest BCUT2D eigenvalue weighted by Crippen LogP contribution is -2.49. The van der Waals surface area contributed by atoms with E-state index < -0.39 is 10.8 Å². The van der Waals surface area contributed by atoms with Crippen molar-refractivity contribution in [2.75, 3.05) is 0 Å². The van der Waals surface area contributed by atoms with Crippen molar-refractivity contribution in [2.45, 2.75) is 78.1 Å². The summed E-state index contributed by atoms with van der Waals surface area (Å²) < 4.78 is 0. The van der Waals surface area contributed by atoms with E-state index in [4.69, 9.17) is 0 Å². The van der Waals surface area contributed by atoms with E-state index in [2.05, 4.69) is 111 Å². The van der Waals surface area contributed by atoms with Crippen LogP contribution in [0.2, 0.25) is 0 Å². The lowest BCUT2D eigenvalue weighted by molar-refractivity contribution is -0.130. The Morgan fingerprint density at radius 2 is 0.882 bits per heavy atom. The van der Waals surface area contributed by atoms with Crippen LogP contribution in [0.25, 0.3) is 0 Å². The molecule has 0 radical (unpaired) electrons. The van der Waals surface area contributed by atoms with Crippen molar-refractivity contribution in [2.24, 2.45) is 0 Å². The van der Waals surface area contributed by atoms with Gasteiger partial charge < -0.3 is 0 Å². The number of allylic oxidation sites excluding steroid dienone is 8. The molecule has 2 aromatic carbocycles. The summed E-state index contributed by atoms with van der Waals surface area (Å²) in [4.78, 5) is 15.3. The van der Waals surface area contributed by atoms with Crippen molar-refractivity contribution in [1.29, 1.82) is 0 Å². The van der Waals surface area contributed by atoms with Gasteiger partial charge in [0, 0.05) is 0 Å². The van der Waals surface area contributed by atoms with Crippen molar-refractivity contribution in [1.82, 2.24) is 0 Å². The van der Waals surface area contributed by atoms with Crippen LogP contribution in [0.3, 0.4) is 0 Å². The van der Waals surface area contributed by atoms with Gasteiger partial charge >= 0.3 is 0 Å². The number of aryl methyl sites for hydroxylation is 2. The standard InChI is InChI=1S/C33H42O/c1-7-11-23-32(24-12-8-2,29-21-17-15-19-27(29)5)31(34)33(25-13-9-3,26-14-10-4)30-22-18-16-20-28(30)6/h7-22H,23-26H2,1-6H3/b11-7+,12-8+,13-9+,14-10+. The van der Waals surface area contributed by atoms with E-state index >= 15 is 4.79 Å². The smallest absolute Gasteiger partial charge is 0.155 e. The fraction of sp³-hybridized carbons (Fsp3) is 0.364. The summed E-state index contributed by atoms with van der Waals surface area (Å²) in [5, 5.41) is 0. The highest BCUT2D eigenvalue weighted by atomic mass is 16.1. The molecule has 0 aliphatic carbocycles. The summed E-state index contributed by atoms with van der Waals surface area (Å²) in [6, 6.07) is 16.9. The van der Waals surface area contributed by atoms with E-state index in [0.717, 1.165) is 11.1 Å². The number of carbonyl (C=O) groups excluding carboxylic acids is 1. The second-order valence-electron chi connectivity index (χ2n) is 9.22. The van der Waals surface area contributed by atoms with Crippen LogP contribution in [0.5, 0.6) is 0 Å². The number of Topliss-reactive ketones (excluding diaryl/α,β-unsaturated/α-hetero) is 1. The molecule has 0 atom stereocenters. The van der Waals surface area contributed by atoms with Crippen molar-refractivity contribution in [3.05, 3.63) is 119 Å². The molecule has 0 amide bonds. The van der Waals surface area contributed by atoms with E-state index in [-0.39, 0.29) is 0 Å². The second kappa shape index (κ2) is 13.1. The van der Waals surface area contributed by atoms with Gasteiger partial charge in [0.2, 0.25) is 0 Å². The van der Waals surface area contributed by atoms with Gasteiger partial charge in [0.1, 0.15) is 0 Å². The predicted octanol–water partition coefficient (Wildman–Crippen LogP) is 8.91. The summed E-state index contributed by atoms with van der Waals surface area (Å²) in [6.07, 6.45) is 19.7. The van der Waals surface area contributed by atoms with Crippen LogP contribution >= 0.6 is 0 Å². The monoisotopic (exact) mass is 454 g/mol. The Balaban J connectivity index is 2.97. The van der Waals surface area contributed by atoms with E-state index in [0.29, 0.717) is 31.5 Å². The lowest BCUT2D eigenvalue weighted by Gasteiger charge is -2.43. The molecule has 180 valence electrons. The highest BCUT2D eigenvalue weighted by molar-refractivity contribution is 6.00. The predicted molar refractivity (Wildman–Crippen MR) is 148 cm³/mol. The van der Waals surface area contributed by atoms with Gasteiger partial charge in [-0.1, -0.05) is 97.1 Å². The number of carbonyl (C=O) groups is 1. The first kappa shape index (κ1) is 27.3. The zero-order valence-electron chi connectivity index (χ0n) is 22.0. The molecule has 0 spiro atoms. The number of ketones is 1. The second-order valence-corrected chi connectivity index (χ2v) is 9.22. The van der Waals surface area contributed by atoms with Gasteiger partial charge in [0.25, 0.3) is 0 Å². The average molecular weight is 455 g/mol. The van der Waals surface area contributed by atoms with Crippen LogP contribution in [0.15, 0.2) is 97.1 Å². The molecule has 0 N–H and O–H groups in total. The number of hydrogen-bond acceptors (Lipinski definition) is 1. The van der Waals surface area contributed by atoms with Crippen molar-refractivity contribution in [3.63, 3.8) is 0 Å². The number of rotatable bonds is 12. The molecule has 0 bridgehead atoms. The molecule has 34 heavy (non-hydrogen) atoms. The normalized spacial score (nSPS) is 13.1.